The first-order valence-corrected chi connectivity index (χ1v) is 19.9. The fraction of sp³-hybridized carbons (Fsp3) is 0. The van der Waals surface area contributed by atoms with Crippen molar-refractivity contribution in [2.45, 2.75) is 24.5 Å². The summed E-state index contributed by atoms with van der Waals surface area (Å²) in [5, 5.41) is 0. The van der Waals surface area contributed by atoms with Crippen molar-refractivity contribution in [3.8, 4) is 0 Å². The van der Waals surface area contributed by atoms with Gasteiger partial charge in [0.15, 0.2) is 20.5 Å². The summed E-state index contributed by atoms with van der Waals surface area (Å²) in [7, 11) is -0.143. The Morgan fingerprint density at radius 3 is 1.20 bits per heavy atom. The Balaban J connectivity index is 0.000000493. The van der Waals surface area contributed by atoms with E-state index >= 15 is 0 Å². The van der Waals surface area contributed by atoms with E-state index in [0.29, 0.717) is 11.1 Å². The van der Waals surface area contributed by atoms with Gasteiger partial charge >= 0.3 is 36.4 Å². The van der Waals surface area contributed by atoms with Crippen LogP contribution in [0.15, 0.2) is 164 Å². The van der Waals surface area contributed by atoms with Gasteiger partial charge in [-0.1, -0.05) is 78.5 Å². The molecule has 0 aromatic heterocycles. The van der Waals surface area contributed by atoms with E-state index in [1.807, 2.05) is 54.6 Å². The molecule has 0 fully saturated rings. The zero-order valence-corrected chi connectivity index (χ0v) is 25.4. The number of carbonyl (C=O) groups excluding carboxylic acids is 1. The molecule has 0 aliphatic rings. The van der Waals surface area contributed by atoms with Crippen LogP contribution in [0.1, 0.15) is 15.9 Å². The Hall–Kier alpha value is -3.13. The van der Waals surface area contributed by atoms with E-state index in [1.54, 1.807) is 11.8 Å². The predicted molar refractivity (Wildman–Crippen MR) is 154 cm³/mol. The third-order valence-electron chi connectivity index (χ3n) is 5.41. The monoisotopic (exact) mass is 710 g/mol. The van der Waals surface area contributed by atoms with Crippen LogP contribution in [0.25, 0.3) is 0 Å². The van der Waals surface area contributed by atoms with Crippen molar-refractivity contribution in [2.24, 2.45) is 0 Å². The molecule has 5 aromatic carbocycles. The SMILES string of the molecule is O=C(c1ccccc1)c1ccc(Sc2ccc([S+](c3ccccc3)c3ccccc3)cc2)cc1.[F][Sb-]([F])([F])([F])([F])[F]. The molecule has 0 aliphatic heterocycles. The summed E-state index contributed by atoms with van der Waals surface area (Å²) in [6.45, 7) is 0. The molecule has 0 amide bonds. The van der Waals surface area contributed by atoms with Crippen LogP contribution in [0.5, 0.6) is 0 Å². The van der Waals surface area contributed by atoms with Crippen molar-refractivity contribution >= 4 is 47.9 Å². The number of benzene rings is 5. The molecule has 0 saturated heterocycles. The van der Waals surface area contributed by atoms with Gasteiger partial charge in [0.2, 0.25) is 0 Å². The van der Waals surface area contributed by atoms with Crippen LogP contribution in [0, 0.1) is 0 Å². The summed E-state index contributed by atoms with van der Waals surface area (Å²) in [6, 6.07) is 47.5. The molecule has 5 aromatic rings. The summed E-state index contributed by atoms with van der Waals surface area (Å²) in [6.07, 6.45) is 0. The van der Waals surface area contributed by atoms with Crippen molar-refractivity contribution in [1.82, 2.24) is 0 Å². The first-order valence-electron chi connectivity index (χ1n) is 12.1. The summed E-state index contributed by atoms with van der Waals surface area (Å²) in [5.41, 5.74) is 1.42. The van der Waals surface area contributed by atoms with Crippen LogP contribution < -0.4 is 0 Å². The molecule has 10 heteroatoms. The van der Waals surface area contributed by atoms with Gasteiger partial charge in [0.25, 0.3) is 0 Å². The van der Waals surface area contributed by atoms with Crippen molar-refractivity contribution in [3.63, 3.8) is 0 Å². The molecule has 0 spiro atoms. The van der Waals surface area contributed by atoms with Gasteiger partial charge in [0.05, 0.1) is 10.9 Å². The minimum absolute atomic E-state index is 0.0513. The fourth-order valence-electron chi connectivity index (χ4n) is 3.73. The molecular weight excluding hydrogens is 688 g/mol. The number of carbonyl (C=O) groups is 1. The van der Waals surface area contributed by atoms with Crippen molar-refractivity contribution in [1.29, 1.82) is 0 Å². The van der Waals surface area contributed by atoms with E-state index in [1.165, 1.54) is 19.6 Å². The van der Waals surface area contributed by atoms with Crippen molar-refractivity contribution in [2.75, 3.05) is 0 Å². The molecule has 0 saturated carbocycles. The molecule has 0 radical (unpaired) electrons. The molecule has 0 unspecified atom stereocenters. The Morgan fingerprint density at radius 1 is 0.463 bits per heavy atom. The van der Waals surface area contributed by atoms with E-state index in [0.717, 1.165) is 4.90 Å². The van der Waals surface area contributed by atoms with Crippen LogP contribution in [-0.2, 0) is 10.9 Å². The van der Waals surface area contributed by atoms with Gasteiger partial charge in [-0.25, -0.2) is 0 Å². The summed E-state index contributed by atoms with van der Waals surface area (Å²) in [4.78, 5) is 18.9. The van der Waals surface area contributed by atoms with E-state index in [4.69, 9.17) is 0 Å². The maximum atomic E-state index is 12.6. The second-order valence-corrected chi connectivity index (χ2v) is 17.3. The average molecular weight is 711 g/mol. The van der Waals surface area contributed by atoms with E-state index in [2.05, 4.69) is 84.9 Å². The molecule has 0 atom stereocenters. The van der Waals surface area contributed by atoms with Gasteiger partial charge < -0.3 is 0 Å². The molecule has 0 N–H and O–H groups in total. The molecule has 0 aliphatic carbocycles. The number of ketones is 1. The minimum atomic E-state index is -11.2. The third-order valence-corrected chi connectivity index (χ3v) is 8.65. The van der Waals surface area contributed by atoms with Crippen molar-refractivity contribution in [3.05, 3.63) is 151 Å². The standard InChI is InChI=1S/C31H23OS2.6FH.Sb/c32-31(24-10-4-1-5-11-24)25-16-18-26(19-17-25)33-27-20-22-30(23-21-27)34(28-12-6-2-7-13-28)29-14-8-3-9-15-29;;;;;;;/h1-23H;6*1H;/q+1;;;;;;;+5/p-6. The molecule has 5 rings (SSSR count). The number of rotatable bonds is 7. The van der Waals surface area contributed by atoms with Gasteiger partial charge in [-0.3, -0.25) is 4.79 Å². The first-order chi connectivity index (χ1) is 19.2. The Kier molecular flexibility index (Phi) is 9.02. The topological polar surface area (TPSA) is 17.1 Å². The maximum absolute atomic E-state index is 12.6. The normalized spacial score (nSPS) is 13.0. The molecule has 0 heterocycles. The van der Waals surface area contributed by atoms with Crippen LogP contribution in [-0.4, -0.2) is 25.3 Å². The molecule has 41 heavy (non-hydrogen) atoms. The number of hydrogen-bond donors (Lipinski definition) is 0. The average Bonchev–Trinajstić information content (AvgIpc) is 2.94. The number of halogens is 6. The Morgan fingerprint density at radius 2 is 0.780 bits per heavy atom. The summed E-state index contributed by atoms with van der Waals surface area (Å²) < 4.78 is 59.6. The van der Waals surface area contributed by atoms with Crippen LogP contribution >= 0.6 is 11.8 Å². The summed E-state index contributed by atoms with van der Waals surface area (Å²) in [5.74, 6) is 0.0513. The third kappa shape index (κ3) is 10.7. The quantitative estimate of drug-likeness (QED) is 0.0724. The molecule has 0 bridgehead atoms. The fourth-order valence-corrected chi connectivity index (χ4v) is 6.63. The van der Waals surface area contributed by atoms with Crippen molar-refractivity contribution < 1.29 is 21.7 Å². The van der Waals surface area contributed by atoms with Crippen LogP contribution in [0.2, 0.25) is 0 Å². The van der Waals surface area contributed by atoms with Crippen LogP contribution in [0.3, 0.4) is 0 Å². The second kappa shape index (κ2) is 12.0. The van der Waals surface area contributed by atoms with E-state index in [9.17, 15) is 21.7 Å². The second-order valence-electron chi connectivity index (χ2n) is 8.68. The van der Waals surface area contributed by atoms with Gasteiger partial charge in [-0.05, 0) is 72.8 Å². The van der Waals surface area contributed by atoms with Gasteiger partial charge in [-0.15, -0.1) is 0 Å². The zero-order valence-electron chi connectivity index (χ0n) is 21.2. The van der Waals surface area contributed by atoms with E-state index in [-0.39, 0.29) is 16.7 Å². The molecule has 212 valence electrons. The van der Waals surface area contributed by atoms with Gasteiger partial charge in [-0.2, -0.15) is 0 Å². The van der Waals surface area contributed by atoms with Gasteiger partial charge in [0, 0.05) is 20.9 Å². The summed E-state index contributed by atoms with van der Waals surface area (Å²) >= 11 is -9.54. The zero-order chi connectivity index (χ0) is 29.6. The Labute approximate surface area is 243 Å². The first kappa shape index (κ1) is 30.8. The molecular formula is C31H23F6OS2Sb. The van der Waals surface area contributed by atoms with E-state index < -0.39 is 19.5 Å². The molecule has 1 nitrogen and oxygen atoms in total. The van der Waals surface area contributed by atoms with Gasteiger partial charge in [0.1, 0.15) is 0 Å². The Bertz CT molecular complexity index is 1530. The predicted octanol–water partition coefficient (Wildman–Crippen LogP) is 10.3. The number of hydrogen-bond acceptors (Lipinski definition) is 2. The van der Waals surface area contributed by atoms with Crippen LogP contribution in [0.4, 0.5) is 16.9 Å².